The van der Waals surface area contributed by atoms with Gasteiger partial charge in [0, 0.05) is 24.8 Å². The molecule has 0 radical (unpaired) electrons. The smallest absolute Gasteiger partial charge is 0.161 e. The van der Waals surface area contributed by atoms with Crippen LogP contribution in [0.5, 0.6) is 0 Å². The second-order valence-corrected chi connectivity index (χ2v) is 4.72. The summed E-state index contributed by atoms with van der Waals surface area (Å²) in [6, 6.07) is 7.37. The number of nitrogens with zero attached hydrogens (tertiary/aromatic N) is 2. The van der Waals surface area contributed by atoms with Gasteiger partial charge in [-0.15, -0.1) is 0 Å². The van der Waals surface area contributed by atoms with Crippen molar-refractivity contribution in [3.05, 3.63) is 29.3 Å². The molecule has 2 rings (SSSR count). The number of carbonyl (C=O) groups is 1. The van der Waals surface area contributed by atoms with E-state index in [9.17, 15) is 4.79 Å². The zero-order valence-corrected chi connectivity index (χ0v) is 10.2. The Bertz CT molecular complexity index is 483. The molecule has 17 heavy (non-hydrogen) atoms. The molecule has 0 saturated heterocycles. The highest BCUT2D eigenvalue weighted by atomic mass is 16.1. The van der Waals surface area contributed by atoms with Gasteiger partial charge in [0.05, 0.1) is 11.6 Å². The third-order valence-electron chi connectivity index (χ3n) is 3.15. The van der Waals surface area contributed by atoms with E-state index in [0.29, 0.717) is 11.1 Å². The fraction of sp³-hybridized carbons (Fsp3) is 0.429. The first-order valence-electron chi connectivity index (χ1n) is 5.88. The highest BCUT2D eigenvalue weighted by Crippen LogP contribution is 2.32. The van der Waals surface area contributed by atoms with Crippen molar-refractivity contribution >= 4 is 11.5 Å². The number of nitriles is 1. The van der Waals surface area contributed by atoms with Gasteiger partial charge in [-0.25, -0.2) is 0 Å². The molecule has 3 nitrogen and oxygen atoms in total. The van der Waals surface area contributed by atoms with Crippen LogP contribution in [0.3, 0.4) is 0 Å². The minimum atomic E-state index is 0.0483. The molecule has 0 unspecified atom stereocenters. The van der Waals surface area contributed by atoms with Gasteiger partial charge in [0.1, 0.15) is 0 Å². The average molecular weight is 228 g/mol. The van der Waals surface area contributed by atoms with Crippen LogP contribution >= 0.6 is 0 Å². The Kier molecular flexibility index (Phi) is 3.14. The first-order chi connectivity index (χ1) is 8.11. The molecule has 1 fully saturated rings. The normalized spacial score (nSPS) is 14.2. The summed E-state index contributed by atoms with van der Waals surface area (Å²) >= 11 is 0. The van der Waals surface area contributed by atoms with Crippen molar-refractivity contribution in [3.8, 4) is 6.07 Å². The van der Waals surface area contributed by atoms with Gasteiger partial charge < -0.3 is 4.90 Å². The molecule has 0 amide bonds. The molecule has 1 aliphatic carbocycles. The van der Waals surface area contributed by atoms with Gasteiger partial charge >= 0.3 is 0 Å². The summed E-state index contributed by atoms with van der Waals surface area (Å²) in [5.74, 6) is 0.803. The molecule has 0 aromatic heterocycles. The number of hydrogen-bond donors (Lipinski definition) is 0. The average Bonchev–Trinajstić information content (AvgIpc) is 3.11. The SMILES string of the molecule is CC(=O)c1ccc(C#N)cc1N(C)CC1CC1. The van der Waals surface area contributed by atoms with Gasteiger partial charge in [0.2, 0.25) is 0 Å². The molecule has 0 heterocycles. The Hall–Kier alpha value is -1.82. The van der Waals surface area contributed by atoms with Crippen molar-refractivity contribution < 1.29 is 4.79 Å². The lowest BCUT2D eigenvalue weighted by Gasteiger charge is -2.21. The van der Waals surface area contributed by atoms with Crippen LogP contribution in [0, 0.1) is 17.2 Å². The molecule has 1 aliphatic rings. The van der Waals surface area contributed by atoms with Crippen molar-refractivity contribution in [2.45, 2.75) is 19.8 Å². The molecule has 0 bridgehead atoms. The largest absolute Gasteiger partial charge is 0.374 e. The Morgan fingerprint density at radius 1 is 1.53 bits per heavy atom. The summed E-state index contributed by atoms with van der Waals surface area (Å²) in [6.45, 7) is 2.53. The van der Waals surface area contributed by atoms with E-state index in [1.54, 1.807) is 25.1 Å². The quantitative estimate of drug-likeness (QED) is 0.744. The molecule has 0 aliphatic heterocycles. The van der Waals surface area contributed by atoms with E-state index in [4.69, 9.17) is 5.26 Å². The fourth-order valence-electron chi connectivity index (χ4n) is 2.00. The number of anilines is 1. The maximum Gasteiger partial charge on any atom is 0.161 e. The molecule has 88 valence electrons. The maximum absolute atomic E-state index is 11.6. The van der Waals surface area contributed by atoms with Gasteiger partial charge in [-0.2, -0.15) is 5.26 Å². The highest BCUT2D eigenvalue weighted by Gasteiger charge is 2.24. The number of Topliss-reactive ketones (excluding diaryl/α,β-unsaturated/α-hetero) is 1. The van der Waals surface area contributed by atoms with Crippen LogP contribution in [0.25, 0.3) is 0 Å². The summed E-state index contributed by atoms with van der Waals surface area (Å²) < 4.78 is 0. The highest BCUT2D eigenvalue weighted by molar-refractivity contribution is 6.00. The predicted molar refractivity (Wildman–Crippen MR) is 67.2 cm³/mol. The standard InChI is InChI=1S/C14H16N2O/c1-10(17)13-6-5-12(8-15)7-14(13)16(2)9-11-3-4-11/h5-7,11H,3-4,9H2,1-2H3. The molecular weight excluding hydrogens is 212 g/mol. The van der Waals surface area contributed by atoms with Gasteiger partial charge in [0.25, 0.3) is 0 Å². The molecule has 1 aromatic rings. The second kappa shape index (κ2) is 4.58. The van der Waals surface area contributed by atoms with Crippen LogP contribution in [-0.4, -0.2) is 19.4 Å². The van der Waals surface area contributed by atoms with E-state index in [2.05, 4.69) is 11.0 Å². The van der Waals surface area contributed by atoms with Crippen molar-refractivity contribution in [2.75, 3.05) is 18.5 Å². The molecule has 0 spiro atoms. The van der Waals surface area contributed by atoms with E-state index in [0.717, 1.165) is 18.2 Å². The summed E-state index contributed by atoms with van der Waals surface area (Å²) in [7, 11) is 1.99. The zero-order valence-electron chi connectivity index (χ0n) is 10.2. The Morgan fingerprint density at radius 3 is 2.76 bits per heavy atom. The Morgan fingerprint density at radius 2 is 2.24 bits per heavy atom. The first kappa shape index (κ1) is 11.7. The van der Waals surface area contributed by atoms with Crippen molar-refractivity contribution in [1.82, 2.24) is 0 Å². The number of ketones is 1. The zero-order chi connectivity index (χ0) is 12.4. The van der Waals surface area contributed by atoms with E-state index in [1.807, 2.05) is 7.05 Å². The van der Waals surface area contributed by atoms with Gasteiger partial charge in [-0.3, -0.25) is 4.79 Å². The van der Waals surface area contributed by atoms with Crippen LogP contribution < -0.4 is 4.90 Å². The van der Waals surface area contributed by atoms with E-state index < -0.39 is 0 Å². The van der Waals surface area contributed by atoms with Crippen molar-refractivity contribution in [3.63, 3.8) is 0 Å². The molecule has 0 N–H and O–H groups in total. The Labute approximate surface area is 102 Å². The van der Waals surface area contributed by atoms with Crippen molar-refractivity contribution in [1.29, 1.82) is 5.26 Å². The van der Waals surface area contributed by atoms with Crippen LogP contribution in [0.1, 0.15) is 35.7 Å². The second-order valence-electron chi connectivity index (χ2n) is 4.72. The van der Waals surface area contributed by atoms with Crippen LogP contribution in [0.4, 0.5) is 5.69 Å². The summed E-state index contributed by atoms with van der Waals surface area (Å²) in [4.78, 5) is 13.7. The lowest BCUT2D eigenvalue weighted by atomic mass is 10.1. The lowest BCUT2D eigenvalue weighted by molar-refractivity contribution is 0.101. The Balaban J connectivity index is 2.33. The third kappa shape index (κ3) is 2.65. The number of rotatable bonds is 4. The summed E-state index contributed by atoms with van der Waals surface area (Å²) in [6.07, 6.45) is 2.55. The van der Waals surface area contributed by atoms with E-state index >= 15 is 0 Å². The topological polar surface area (TPSA) is 44.1 Å². The van der Waals surface area contributed by atoms with Crippen LogP contribution in [-0.2, 0) is 0 Å². The summed E-state index contributed by atoms with van der Waals surface area (Å²) in [5.41, 5.74) is 2.18. The molecular formula is C14H16N2O. The van der Waals surface area contributed by atoms with Crippen LogP contribution in [0.2, 0.25) is 0 Å². The summed E-state index contributed by atoms with van der Waals surface area (Å²) in [5, 5.41) is 8.91. The minimum Gasteiger partial charge on any atom is -0.374 e. The third-order valence-corrected chi connectivity index (χ3v) is 3.15. The van der Waals surface area contributed by atoms with E-state index in [-0.39, 0.29) is 5.78 Å². The molecule has 0 atom stereocenters. The number of hydrogen-bond acceptors (Lipinski definition) is 3. The van der Waals surface area contributed by atoms with Gasteiger partial charge in [0.15, 0.2) is 5.78 Å². The van der Waals surface area contributed by atoms with Gasteiger partial charge in [-0.1, -0.05) is 0 Å². The number of benzene rings is 1. The van der Waals surface area contributed by atoms with Crippen LogP contribution in [0.15, 0.2) is 18.2 Å². The maximum atomic E-state index is 11.6. The minimum absolute atomic E-state index is 0.0483. The lowest BCUT2D eigenvalue weighted by Crippen LogP contribution is -2.22. The molecule has 3 heteroatoms. The molecule has 1 saturated carbocycles. The van der Waals surface area contributed by atoms with E-state index in [1.165, 1.54) is 12.8 Å². The monoisotopic (exact) mass is 228 g/mol. The van der Waals surface area contributed by atoms with Gasteiger partial charge in [-0.05, 0) is 43.9 Å². The molecule has 1 aromatic carbocycles. The van der Waals surface area contributed by atoms with Crippen molar-refractivity contribution in [2.24, 2.45) is 5.92 Å². The first-order valence-corrected chi connectivity index (χ1v) is 5.88. The fourth-order valence-corrected chi connectivity index (χ4v) is 2.00. The predicted octanol–water partition coefficient (Wildman–Crippen LogP) is 2.61. The number of carbonyl (C=O) groups excluding carboxylic acids is 1.